The molecule has 0 aromatic heterocycles. The smallest absolute Gasteiger partial charge is 0.540 e. The first-order valence-corrected chi connectivity index (χ1v) is 3.93. The maximum Gasteiger partial charge on any atom is 1.00 e. The normalized spacial score (nSPS) is 10.9. The van der Waals surface area contributed by atoms with E-state index in [1.165, 1.54) is 6.92 Å². The average Bonchev–Trinajstić information content (AvgIpc) is 2.15. The molecule has 4 heteroatoms. The van der Waals surface area contributed by atoms with Crippen molar-refractivity contribution < 1.29 is 32.0 Å². The fourth-order valence-corrected chi connectivity index (χ4v) is 1.03. The second-order valence-corrected chi connectivity index (χ2v) is 2.66. The van der Waals surface area contributed by atoms with Crippen LogP contribution >= 0.6 is 0 Å². The molecule has 1 amide bonds. The Hall–Kier alpha value is -0.900. The summed E-state index contributed by atoms with van der Waals surface area (Å²) >= 11 is 0. The molecule has 0 aliphatic heterocycles. The first-order chi connectivity index (χ1) is 6.24. The van der Waals surface area contributed by atoms with Gasteiger partial charge in [0.15, 0.2) is 0 Å². The Morgan fingerprint density at radius 3 is 2.36 bits per heavy atom. The number of hydrogen-bond acceptors (Lipinski definition) is 2. The van der Waals surface area contributed by atoms with Crippen LogP contribution in [0, 0.1) is 0 Å². The van der Waals surface area contributed by atoms with Gasteiger partial charge in [0.25, 0.3) is 0 Å². The Morgan fingerprint density at radius 1 is 1.36 bits per heavy atom. The zero-order chi connectivity index (χ0) is 9.68. The maximum absolute atomic E-state index is 10.7. The Labute approximate surface area is 98.4 Å². The monoisotopic (exact) mass is 283 g/mol. The van der Waals surface area contributed by atoms with Crippen LogP contribution in [-0.4, -0.2) is 12.2 Å². The van der Waals surface area contributed by atoms with E-state index in [9.17, 15) is 9.59 Å². The van der Waals surface area contributed by atoms with E-state index in [1.807, 2.05) is 18.2 Å². The summed E-state index contributed by atoms with van der Waals surface area (Å²) in [7, 11) is 0. The van der Waals surface area contributed by atoms with Crippen molar-refractivity contribution in [2.45, 2.75) is 13.0 Å². The van der Waals surface area contributed by atoms with Gasteiger partial charge in [0.05, 0.1) is 0 Å². The molecule has 3 nitrogen and oxygen atoms in total. The van der Waals surface area contributed by atoms with Crippen LogP contribution in [0.3, 0.4) is 0 Å². The molecule has 1 unspecified atom stereocenters. The van der Waals surface area contributed by atoms with Crippen LogP contribution in [0.1, 0.15) is 18.5 Å². The maximum atomic E-state index is 10.7. The van der Waals surface area contributed by atoms with Gasteiger partial charge in [-0.15, -0.1) is 0 Å². The van der Waals surface area contributed by atoms with Gasteiger partial charge in [0, 0.05) is 6.92 Å². The van der Waals surface area contributed by atoms with Crippen LogP contribution < -0.4 is 5.32 Å². The number of rotatable bonds is 3. The third-order valence-corrected chi connectivity index (χ3v) is 1.60. The first-order valence-electron chi connectivity index (χ1n) is 3.93. The molecular weight excluding hydrogens is 274 g/mol. The number of benzene rings is 1. The summed E-state index contributed by atoms with van der Waals surface area (Å²) in [6.45, 7) is 1.37. The fourth-order valence-electron chi connectivity index (χ4n) is 1.03. The molecule has 14 heavy (non-hydrogen) atoms. The van der Waals surface area contributed by atoms with Crippen LogP contribution in [-0.2, 0) is 32.0 Å². The van der Waals surface area contributed by atoms with Crippen molar-refractivity contribution in [2.75, 3.05) is 0 Å². The second kappa shape index (κ2) is 6.54. The van der Waals surface area contributed by atoms with E-state index in [0.717, 1.165) is 5.56 Å². The van der Waals surface area contributed by atoms with Crippen LogP contribution in [0.4, 0.5) is 0 Å². The molecule has 0 aliphatic carbocycles. The predicted molar refractivity (Wildman–Crippen MR) is 48.7 cm³/mol. The van der Waals surface area contributed by atoms with Crippen molar-refractivity contribution in [3.63, 3.8) is 0 Å². The average molecular weight is 284 g/mol. The molecule has 0 bridgehead atoms. The van der Waals surface area contributed by atoms with Crippen LogP contribution in [0.25, 0.3) is 0 Å². The topological polar surface area (TPSA) is 46.2 Å². The summed E-state index contributed by atoms with van der Waals surface area (Å²) in [6, 6.07) is 8.35. The van der Waals surface area contributed by atoms with Gasteiger partial charge < -0.3 is 10.1 Å². The molecule has 1 rings (SSSR count). The van der Waals surface area contributed by atoms with E-state index in [0.29, 0.717) is 0 Å². The van der Waals surface area contributed by atoms with E-state index in [1.54, 1.807) is 18.4 Å². The molecule has 78 valence electrons. The molecule has 0 spiro atoms. The predicted octanol–water partition coefficient (Wildman–Crippen LogP) is 0.971. The van der Waals surface area contributed by atoms with Crippen LogP contribution in [0.5, 0.6) is 0 Å². The molecule has 0 heterocycles. The SMILES string of the molecule is CC(=O)NC([C-]=O)c1ccccc1.[Ag+]. The summed E-state index contributed by atoms with van der Waals surface area (Å²) < 4.78 is 0. The van der Waals surface area contributed by atoms with Crippen molar-refractivity contribution in [1.29, 1.82) is 0 Å². The molecule has 0 saturated heterocycles. The largest absolute Gasteiger partial charge is 1.00 e. The van der Waals surface area contributed by atoms with E-state index in [-0.39, 0.29) is 28.3 Å². The third kappa shape index (κ3) is 3.87. The summed E-state index contributed by atoms with van der Waals surface area (Å²) in [5, 5.41) is 2.48. The van der Waals surface area contributed by atoms with E-state index in [2.05, 4.69) is 5.32 Å². The zero-order valence-corrected chi connectivity index (χ0v) is 9.06. The second-order valence-electron chi connectivity index (χ2n) is 2.66. The van der Waals surface area contributed by atoms with E-state index >= 15 is 0 Å². The minimum Gasteiger partial charge on any atom is -0.540 e. The Kier molecular flexibility index (Phi) is 6.12. The molecule has 1 atom stereocenters. The molecule has 0 radical (unpaired) electrons. The fraction of sp³-hybridized carbons (Fsp3) is 0.200. The molecular formula is C10H10AgNO2. The van der Waals surface area contributed by atoms with Crippen LogP contribution in [0.15, 0.2) is 30.3 Å². The Balaban J connectivity index is 0.00000169. The van der Waals surface area contributed by atoms with Gasteiger partial charge in [-0.2, -0.15) is 0 Å². The number of amides is 1. The van der Waals surface area contributed by atoms with Crippen molar-refractivity contribution >= 4 is 12.2 Å². The number of hydrogen-bond donors (Lipinski definition) is 1. The number of nitrogens with one attached hydrogen (secondary N) is 1. The number of carbonyl (C=O) groups is 1. The standard InChI is InChI=1S/C10H10NO2.Ag/c1-8(13)11-10(7-12)9-5-3-2-4-6-9;/h2-6,10H,1H3,(H,11,13);/q-1;+1. The molecule has 0 aliphatic rings. The van der Waals surface area contributed by atoms with E-state index < -0.39 is 6.04 Å². The van der Waals surface area contributed by atoms with Crippen molar-refractivity contribution in [3.8, 4) is 0 Å². The quantitative estimate of drug-likeness (QED) is 0.664. The van der Waals surface area contributed by atoms with Gasteiger partial charge in [-0.1, -0.05) is 35.9 Å². The summed E-state index contributed by atoms with van der Waals surface area (Å²) in [6.07, 6.45) is 1.77. The van der Waals surface area contributed by atoms with Crippen molar-refractivity contribution in [1.82, 2.24) is 5.32 Å². The minimum absolute atomic E-state index is 0. The van der Waals surface area contributed by atoms with Gasteiger partial charge in [0.1, 0.15) is 0 Å². The minimum atomic E-state index is -0.654. The molecule has 0 saturated carbocycles. The number of carbonyl (C=O) groups excluding carboxylic acids is 2. The van der Waals surface area contributed by atoms with Crippen molar-refractivity contribution in [3.05, 3.63) is 35.9 Å². The summed E-state index contributed by atoms with van der Waals surface area (Å²) in [4.78, 5) is 21.2. The molecule has 0 fully saturated rings. The summed E-state index contributed by atoms with van der Waals surface area (Å²) in [5.41, 5.74) is 0.743. The van der Waals surface area contributed by atoms with Crippen LogP contribution in [0.2, 0.25) is 0 Å². The first kappa shape index (κ1) is 13.1. The zero-order valence-electron chi connectivity index (χ0n) is 7.58. The molecule has 1 aromatic carbocycles. The van der Waals surface area contributed by atoms with Gasteiger partial charge >= 0.3 is 22.4 Å². The summed E-state index contributed by atoms with van der Waals surface area (Å²) in [5.74, 6) is -0.239. The van der Waals surface area contributed by atoms with Gasteiger partial charge in [-0.05, 0) is 6.04 Å². The van der Waals surface area contributed by atoms with Gasteiger partial charge in [0.2, 0.25) is 5.91 Å². The molecule has 1 aromatic rings. The molecule has 1 N–H and O–H groups in total. The van der Waals surface area contributed by atoms with Crippen molar-refractivity contribution in [2.24, 2.45) is 0 Å². The Morgan fingerprint density at radius 2 is 1.93 bits per heavy atom. The van der Waals surface area contributed by atoms with E-state index in [4.69, 9.17) is 0 Å². The van der Waals surface area contributed by atoms with Gasteiger partial charge in [-0.3, -0.25) is 4.79 Å². The third-order valence-electron chi connectivity index (χ3n) is 1.60. The van der Waals surface area contributed by atoms with Gasteiger partial charge in [-0.25, -0.2) is 6.29 Å². The Bertz CT molecular complexity index is 300.